The van der Waals surface area contributed by atoms with E-state index >= 15 is 0 Å². The summed E-state index contributed by atoms with van der Waals surface area (Å²) in [6, 6.07) is 10.2. The maximum atomic E-state index is 12.3. The molecule has 1 amide bonds. The van der Waals surface area contributed by atoms with Crippen molar-refractivity contribution in [2.24, 2.45) is 16.5 Å². The fourth-order valence-electron chi connectivity index (χ4n) is 2.58. The van der Waals surface area contributed by atoms with Crippen molar-refractivity contribution in [3.05, 3.63) is 52.0 Å². The Bertz CT molecular complexity index is 865. The number of guanidine groups is 1. The van der Waals surface area contributed by atoms with Crippen molar-refractivity contribution in [3.63, 3.8) is 0 Å². The predicted octanol–water partition coefficient (Wildman–Crippen LogP) is 3.79. The van der Waals surface area contributed by atoms with Crippen molar-refractivity contribution in [3.8, 4) is 16.9 Å². The first-order valence-electron chi connectivity index (χ1n) is 8.78. The Labute approximate surface area is 175 Å². The van der Waals surface area contributed by atoms with E-state index in [-0.39, 0.29) is 5.96 Å². The number of amides is 1. The number of carbonyl (C=O) groups excluding carboxylic acids is 1. The van der Waals surface area contributed by atoms with E-state index in [0.717, 1.165) is 19.4 Å². The van der Waals surface area contributed by atoms with Gasteiger partial charge in [-0.2, -0.15) is 4.99 Å². The van der Waals surface area contributed by atoms with Crippen LogP contribution in [0.5, 0.6) is 5.75 Å². The second-order valence-corrected chi connectivity index (χ2v) is 7.41. The summed E-state index contributed by atoms with van der Waals surface area (Å²) in [5, 5.41) is 1.04. The van der Waals surface area contributed by atoms with Gasteiger partial charge in [-0.15, -0.1) is 0 Å². The zero-order valence-electron chi connectivity index (χ0n) is 15.9. The van der Waals surface area contributed by atoms with E-state index in [0.29, 0.717) is 39.1 Å². The smallest absolute Gasteiger partial charge is 0.280 e. The first kappa shape index (κ1) is 22.0. The molecule has 6 nitrogen and oxygen atoms in total. The van der Waals surface area contributed by atoms with Gasteiger partial charge in [0.1, 0.15) is 5.75 Å². The van der Waals surface area contributed by atoms with Crippen molar-refractivity contribution < 1.29 is 9.53 Å². The number of benzene rings is 2. The summed E-state index contributed by atoms with van der Waals surface area (Å²) in [5.41, 5.74) is 12.3. The van der Waals surface area contributed by atoms with Crippen LogP contribution < -0.4 is 16.2 Å². The Kier molecular flexibility index (Phi) is 8.11. The molecule has 150 valence electrons. The minimum Gasteiger partial charge on any atom is -0.494 e. The highest BCUT2D eigenvalue weighted by Gasteiger charge is 2.13. The van der Waals surface area contributed by atoms with Crippen LogP contribution in [0.25, 0.3) is 11.1 Å². The largest absolute Gasteiger partial charge is 0.494 e. The molecule has 2 aromatic rings. The zero-order chi connectivity index (χ0) is 20.7. The van der Waals surface area contributed by atoms with Crippen LogP contribution in [-0.2, 0) is 0 Å². The lowest BCUT2D eigenvalue weighted by Crippen LogP contribution is -2.24. The van der Waals surface area contributed by atoms with Crippen molar-refractivity contribution in [1.82, 2.24) is 4.90 Å². The van der Waals surface area contributed by atoms with E-state index in [4.69, 9.17) is 39.4 Å². The molecule has 0 saturated heterocycles. The molecule has 0 saturated carbocycles. The zero-order valence-corrected chi connectivity index (χ0v) is 17.4. The summed E-state index contributed by atoms with van der Waals surface area (Å²) in [6.45, 7) is 1.51. The predicted molar refractivity (Wildman–Crippen MR) is 115 cm³/mol. The maximum Gasteiger partial charge on any atom is 0.280 e. The molecule has 0 heterocycles. The van der Waals surface area contributed by atoms with Crippen molar-refractivity contribution >= 4 is 35.1 Å². The van der Waals surface area contributed by atoms with Gasteiger partial charge in [0.05, 0.1) is 6.61 Å². The van der Waals surface area contributed by atoms with Gasteiger partial charge >= 0.3 is 0 Å². The lowest BCUT2D eigenvalue weighted by Gasteiger charge is -2.13. The molecule has 0 atom stereocenters. The van der Waals surface area contributed by atoms with E-state index in [9.17, 15) is 4.79 Å². The molecule has 0 aliphatic carbocycles. The molecule has 0 radical (unpaired) electrons. The molecular weight excluding hydrogens is 399 g/mol. The first-order valence-corrected chi connectivity index (χ1v) is 9.54. The van der Waals surface area contributed by atoms with Gasteiger partial charge in [0.2, 0.25) is 0 Å². The van der Waals surface area contributed by atoms with Gasteiger partial charge in [0, 0.05) is 21.2 Å². The van der Waals surface area contributed by atoms with Gasteiger partial charge in [0.15, 0.2) is 5.96 Å². The third kappa shape index (κ3) is 6.71. The summed E-state index contributed by atoms with van der Waals surface area (Å²) in [4.78, 5) is 18.1. The van der Waals surface area contributed by atoms with E-state index in [1.165, 1.54) is 0 Å². The number of rotatable bonds is 8. The molecule has 28 heavy (non-hydrogen) atoms. The average molecular weight is 423 g/mol. The van der Waals surface area contributed by atoms with Crippen LogP contribution in [0.4, 0.5) is 0 Å². The quantitative estimate of drug-likeness (QED) is 0.383. The number of unbranched alkanes of at least 4 members (excludes halogenated alkanes) is 1. The van der Waals surface area contributed by atoms with Gasteiger partial charge in [-0.25, -0.2) is 0 Å². The Hall–Kier alpha value is -2.28. The molecule has 0 aliphatic rings. The third-order valence-corrected chi connectivity index (χ3v) is 4.46. The van der Waals surface area contributed by atoms with E-state index in [1.807, 2.05) is 20.2 Å². The molecule has 2 aromatic carbocycles. The third-order valence-electron chi connectivity index (χ3n) is 3.89. The minimum atomic E-state index is -0.558. The lowest BCUT2D eigenvalue weighted by molar-refractivity contribution is 0.100. The van der Waals surface area contributed by atoms with E-state index in [1.54, 1.807) is 30.3 Å². The Morgan fingerprint density at radius 1 is 1.11 bits per heavy atom. The molecule has 2 rings (SSSR count). The van der Waals surface area contributed by atoms with Gasteiger partial charge in [0.25, 0.3) is 5.91 Å². The van der Waals surface area contributed by atoms with Crippen LogP contribution in [0.1, 0.15) is 23.2 Å². The second-order valence-electron chi connectivity index (χ2n) is 6.57. The van der Waals surface area contributed by atoms with E-state index in [2.05, 4.69) is 9.89 Å². The summed E-state index contributed by atoms with van der Waals surface area (Å²) in [7, 11) is 4.06. The Morgan fingerprint density at radius 2 is 1.86 bits per heavy atom. The fraction of sp³-hybridized carbons (Fsp3) is 0.300. The molecule has 8 heteroatoms. The number of ether oxygens (including phenoxy) is 1. The molecule has 0 aliphatic heterocycles. The SMILES string of the molecule is CN(C)CCCCOc1cc(C(=O)N=C(N)N)cc(-c2cc(Cl)ccc2Cl)c1. The van der Waals surface area contributed by atoms with Crippen molar-refractivity contribution in [2.75, 3.05) is 27.2 Å². The standard InChI is InChI=1S/C20H24Cl2N4O2/c1-26(2)7-3-4-8-28-16-10-13(17-12-15(21)5-6-18(17)22)9-14(11-16)19(27)25-20(23)24/h5-6,9-12H,3-4,7-8H2,1-2H3,(H4,23,24,25,27). The monoisotopic (exact) mass is 422 g/mol. The maximum absolute atomic E-state index is 12.3. The molecule has 0 bridgehead atoms. The Balaban J connectivity index is 2.32. The van der Waals surface area contributed by atoms with Gasteiger partial charge in [-0.05, 0) is 75.4 Å². The minimum absolute atomic E-state index is 0.297. The second kappa shape index (κ2) is 10.3. The van der Waals surface area contributed by atoms with Crippen LogP contribution in [0.15, 0.2) is 41.4 Å². The highest BCUT2D eigenvalue weighted by molar-refractivity contribution is 6.35. The topological polar surface area (TPSA) is 93.9 Å². The molecule has 0 aromatic heterocycles. The number of carbonyl (C=O) groups is 1. The highest BCUT2D eigenvalue weighted by Crippen LogP contribution is 2.33. The molecule has 0 fully saturated rings. The van der Waals surface area contributed by atoms with Crippen LogP contribution in [0.2, 0.25) is 10.0 Å². The molecule has 0 spiro atoms. The number of halogens is 2. The average Bonchev–Trinajstić information content (AvgIpc) is 2.62. The van der Waals surface area contributed by atoms with Crippen molar-refractivity contribution in [1.29, 1.82) is 0 Å². The highest BCUT2D eigenvalue weighted by atomic mass is 35.5. The number of nitrogens with zero attached hydrogens (tertiary/aromatic N) is 2. The van der Waals surface area contributed by atoms with Crippen LogP contribution >= 0.6 is 23.2 Å². The summed E-state index contributed by atoms with van der Waals surface area (Å²) < 4.78 is 5.86. The number of hydrogen-bond acceptors (Lipinski definition) is 3. The van der Waals surface area contributed by atoms with Crippen molar-refractivity contribution in [2.45, 2.75) is 12.8 Å². The number of nitrogens with two attached hydrogens (primary N) is 2. The van der Waals surface area contributed by atoms with E-state index < -0.39 is 5.91 Å². The summed E-state index contributed by atoms with van der Waals surface area (Å²) in [6.07, 6.45) is 1.89. The molecular formula is C20H24Cl2N4O2. The molecule has 4 N–H and O–H groups in total. The lowest BCUT2D eigenvalue weighted by atomic mass is 10.0. The van der Waals surface area contributed by atoms with Crippen LogP contribution in [-0.4, -0.2) is 44.0 Å². The van der Waals surface area contributed by atoms with Gasteiger partial charge in [-0.3, -0.25) is 4.79 Å². The first-order chi connectivity index (χ1) is 13.3. The summed E-state index contributed by atoms with van der Waals surface area (Å²) >= 11 is 12.4. The summed E-state index contributed by atoms with van der Waals surface area (Å²) in [5.74, 6) is -0.327. The number of aliphatic imine (C=N–C) groups is 1. The number of hydrogen-bond donors (Lipinski definition) is 2. The molecule has 0 unspecified atom stereocenters. The Morgan fingerprint density at radius 3 is 2.54 bits per heavy atom. The van der Waals surface area contributed by atoms with Crippen LogP contribution in [0.3, 0.4) is 0 Å². The van der Waals surface area contributed by atoms with Crippen LogP contribution in [0, 0.1) is 0 Å². The normalized spacial score (nSPS) is 10.8. The van der Waals surface area contributed by atoms with Gasteiger partial charge in [-0.1, -0.05) is 23.2 Å². The fourth-order valence-corrected chi connectivity index (χ4v) is 2.98. The van der Waals surface area contributed by atoms with Gasteiger partial charge < -0.3 is 21.1 Å².